The number of aliphatic hydroxyl groups excluding tert-OH is 1. The molecule has 5 atom stereocenters. The molecule has 1 aromatic carbocycles. The van der Waals surface area contributed by atoms with Crippen LogP contribution in [0.2, 0.25) is 0 Å². The number of nitrogens with one attached hydrogen (secondary N) is 1. The Labute approximate surface area is 207 Å². The highest BCUT2D eigenvalue weighted by molar-refractivity contribution is 6.01. The molecule has 1 heterocycles. The molecule has 0 bridgehead atoms. The molecule has 0 aromatic heterocycles. The molecule has 0 radical (unpaired) electrons. The molecule has 0 unspecified atom stereocenters. The number of hydrogen-bond acceptors (Lipinski definition) is 6. The third-order valence-corrected chi connectivity index (χ3v) is 6.98. The lowest BCUT2D eigenvalue weighted by Gasteiger charge is -2.33. The molecule has 35 heavy (non-hydrogen) atoms. The summed E-state index contributed by atoms with van der Waals surface area (Å²) in [7, 11) is 1.58. The fourth-order valence-corrected chi connectivity index (χ4v) is 5.37. The van der Waals surface area contributed by atoms with Crippen LogP contribution in [0.4, 0.5) is 5.69 Å². The van der Waals surface area contributed by atoms with Gasteiger partial charge in [-0.2, -0.15) is 0 Å². The van der Waals surface area contributed by atoms with E-state index in [0.29, 0.717) is 30.8 Å². The second-order valence-corrected chi connectivity index (χ2v) is 9.20. The van der Waals surface area contributed by atoms with Crippen molar-refractivity contribution in [1.82, 2.24) is 4.90 Å². The van der Waals surface area contributed by atoms with Crippen molar-refractivity contribution in [1.29, 1.82) is 0 Å². The Kier molecular flexibility index (Phi) is 9.72. The monoisotopic (exact) mass is 486 g/mol. The first-order valence-corrected chi connectivity index (χ1v) is 12.7. The number of anilines is 1. The van der Waals surface area contributed by atoms with Crippen molar-refractivity contribution in [2.75, 3.05) is 32.2 Å². The molecule has 192 valence electrons. The Morgan fingerprint density at radius 1 is 1.09 bits per heavy atom. The smallest absolute Gasteiger partial charge is 0.310 e. The van der Waals surface area contributed by atoms with Crippen LogP contribution < -0.4 is 10.1 Å². The molecule has 3 rings (SSSR count). The first-order chi connectivity index (χ1) is 17.0. The number of amides is 2. The molecular weight excluding hydrogens is 448 g/mol. The Hall–Kier alpha value is -2.87. The van der Waals surface area contributed by atoms with Crippen LogP contribution in [0, 0.1) is 23.7 Å². The van der Waals surface area contributed by atoms with Gasteiger partial charge in [0, 0.05) is 24.8 Å². The Morgan fingerprint density at radius 3 is 2.46 bits per heavy atom. The number of carbonyl (C=O) groups is 3. The van der Waals surface area contributed by atoms with E-state index in [0.717, 1.165) is 19.3 Å². The number of aliphatic hydroxyl groups is 1. The minimum absolute atomic E-state index is 0.0902. The second kappa shape index (κ2) is 12.7. The normalized spacial score (nSPS) is 25.3. The summed E-state index contributed by atoms with van der Waals surface area (Å²) in [6.45, 7) is 4.55. The lowest BCUT2D eigenvalue weighted by molar-refractivity contribution is -0.155. The number of ether oxygens (including phenoxy) is 2. The van der Waals surface area contributed by atoms with E-state index >= 15 is 0 Å². The minimum Gasteiger partial charge on any atom is -0.497 e. The number of esters is 1. The summed E-state index contributed by atoms with van der Waals surface area (Å²) in [4.78, 5) is 42.0. The highest BCUT2D eigenvalue weighted by Crippen LogP contribution is 2.46. The quantitative estimate of drug-likeness (QED) is 0.267. The predicted octanol–water partition coefficient (Wildman–Crippen LogP) is 3.40. The van der Waals surface area contributed by atoms with Gasteiger partial charge in [0.2, 0.25) is 11.8 Å². The fourth-order valence-electron chi connectivity index (χ4n) is 5.37. The molecule has 2 aliphatic rings. The molecule has 2 N–H and O–H groups in total. The number of nitrogens with zero attached hydrogens (tertiary/aromatic N) is 1. The van der Waals surface area contributed by atoms with Gasteiger partial charge in [0.05, 0.1) is 25.6 Å². The van der Waals surface area contributed by atoms with Gasteiger partial charge >= 0.3 is 5.97 Å². The van der Waals surface area contributed by atoms with Crippen LogP contribution in [0.1, 0.15) is 46.0 Å². The van der Waals surface area contributed by atoms with Crippen molar-refractivity contribution in [2.24, 2.45) is 23.7 Å². The van der Waals surface area contributed by atoms with Gasteiger partial charge in [-0.25, -0.2) is 0 Å². The summed E-state index contributed by atoms with van der Waals surface area (Å²) in [6, 6.07) is 6.31. The van der Waals surface area contributed by atoms with Crippen molar-refractivity contribution in [3.05, 3.63) is 36.4 Å². The topological polar surface area (TPSA) is 105 Å². The van der Waals surface area contributed by atoms with E-state index in [2.05, 4.69) is 12.2 Å². The van der Waals surface area contributed by atoms with Crippen molar-refractivity contribution in [3.8, 4) is 5.75 Å². The SMILES string of the molecule is CCC[C@@H]1C=C[C@H]2[C@@H](C(=O)N(CCCCCO)[C@@H]2C(=O)Nc2ccc(OC)cc2)[C@@H]1C(=O)OCC. The van der Waals surface area contributed by atoms with Gasteiger partial charge in [0.25, 0.3) is 0 Å². The minimum atomic E-state index is -0.723. The van der Waals surface area contributed by atoms with E-state index in [1.165, 1.54) is 0 Å². The number of methoxy groups -OCH3 is 1. The summed E-state index contributed by atoms with van der Waals surface area (Å²) in [5, 5.41) is 12.1. The Morgan fingerprint density at radius 2 is 1.83 bits per heavy atom. The van der Waals surface area contributed by atoms with Gasteiger partial charge in [-0.15, -0.1) is 0 Å². The van der Waals surface area contributed by atoms with Crippen molar-refractivity contribution in [3.63, 3.8) is 0 Å². The molecule has 8 nitrogen and oxygen atoms in total. The van der Waals surface area contributed by atoms with Crippen LogP contribution in [0.3, 0.4) is 0 Å². The van der Waals surface area contributed by atoms with E-state index in [9.17, 15) is 14.4 Å². The number of hydrogen-bond donors (Lipinski definition) is 2. The molecule has 0 saturated carbocycles. The summed E-state index contributed by atoms with van der Waals surface area (Å²) in [5.41, 5.74) is 0.609. The number of benzene rings is 1. The molecule has 8 heteroatoms. The second-order valence-electron chi connectivity index (χ2n) is 9.20. The maximum atomic E-state index is 13.8. The summed E-state index contributed by atoms with van der Waals surface area (Å²) < 4.78 is 10.6. The average Bonchev–Trinajstić information content (AvgIpc) is 3.14. The number of carbonyl (C=O) groups excluding carboxylic acids is 3. The molecular formula is C27H38N2O6. The van der Waals surface area contributed by atoms with Gasteiger partial charge in [-0.05, 0) is 62.8 Å². The molecule has 1 aliphatic heterocycles. The third kappa shape index (κ3) is 6.04. The van der Waals surface area contributed by atoms with Crippen LogP contribution >= 0.6 is 0 Å². The largest absolute Gasteiger partial charge is 0.497 e. The van der Waals surface area contributed by atoms with Gasteiger partial charge in [-0.3, -0.25) is 14.4 Å². The maximum absolute atomic E-state index is 13.8. The first kappa shape index (κ1) is 26.7. The third-order valence-electron chi connectivity index (χ3n) is 6.98. The van der Waals surface area contributed by atoms with E-state index in [1.807, 2.05) is 12.2 Å². The Balaban J connectivity index is 1.91. The highest BCUT2D eigenvalue weighted by Gasteiger charge is 2.57. The van der Waals surface area contributed by atoms with Crippen LogP contribution in [0.25, 0.3) is 0 Å². The van der Waals surface area contributed by atoms with Crippen LogP contribution in [0.5, 0.6) is 5.75 Å². The van der Waals surface area contributed by atoms with Crippen LogP contribution in [-0.2, 0) is 19.1 Å². The predicted molar refractivity (Wildman–Crippen MR) is 133 cm³/mol. The number of rotatable bonds is 12. The average molecular weight is 487 g/mol. The van der Waals surface area contributed by atoms with Crippen molar-refractivity contribution in [2.45, 2.75) is 52.0 Å². The zero-order chi connectivity index (χ0) is 25.4. The van der Waals surface area contributed by atoms with Gasteiger partial charge < -0.3 is 24.8 Å². The zero-order valence-electron chi connectivity index (χ0n) is 20.9. The van der Waals surface area contributed by atoms with Gasteiger partial charge in [-0.1, -0.05) is 25.5 Å². The van der Waals surface area contributed by atoms with E-state index in [4.69, 9.17) is 14.6 Å². The van der Waals surface area contributed by atoms with Crippen molar-refractivity contribution >= 4 is 23.5 Å². The first-order valence-electron chi connectivity index (χ1n) is 12.7. The number of allylic oxidation sites excluding steroid dienone is 1. The Bertz CT molecular complexity index is 899. The number of likely N-dealkylation sites (tertiary alicyclic amines) is 1. The van der Waals surface area contributed by atoms with E-state index in [-0.39, 0.29) is 36.9 Å². The molecule has 1 aliphatic carbocycles. The highest BCUT2D eigenvalue weighted by atomic mass is 16.5. The fraction of sp³-hybridized carbons (Fsp3) is 0.593. The number of fused-ring (bicyclic) bond motifs is 1. The van der Waals surface area contributed by atoms with Gasteiger partial charge in [0.1, 0.15) is 11.8 Å². The van der Waals surface area contributed by atoms with Gasteiger partial charge in [0.15, 0.2) is 0 Å². The van der Waals surface area contributed by atoms with Crippen LogP contribution in [-0.4, -0.2) is 60.7 Å². The van der Waals surface area contributed by atoms with E-state index in [1.54, 1.807) is 43.2 Å². The molecule has 1 aromatic rings. The standard InChI is InChI=1S/C27H38N2O6/c1-4-9-18-10-15-21-23(22(18)27(33)35-5-2)26(32)29(16-7-6-8-17-30)24(21)25(31)28-19-11-13-20(34-3)14-12-19/h10-15,18,21-24,30H,4-9,16-17H2,1-3H3,(H,28,31)/t18-,21+,22-,23-,24+/m1/s1. The molecule has 0 spiro atoms. The number of unbranched alkanes of at least 4 members (excludes halogenated alkanes) is 2. The van der Waals surface area contributed by atoms with Crippen LogP contribution in [0.15, 0.2) is 36.4 Å². The molecule has 2 amide bonds. The van der Waals surface area contributed by atoms with E-state index < -0.39 is 23.8 Å². The zero-order valence-corrected chi connectivity index (χ0v) is 20.9. The lowest BCUT2D eigenvalue weighted by atomic mass is 9.69. The molecule has 1 fully saturated rings. The summed E-state index contributed by atoms with van der Waals surface area (Å²) in [6.07, 6.45) is 7.68. The summed E-state index contributed by atoms with van der Waals surface area (Å²) >= 11 is 0. The van der Waals surface area contributed by atoms with Crippen molar-refractivity contribution < 1.29 is 29.0 Å². The lowest BCUT2D eigenvalue weighted by Crippen LogP contribution is -2.44. The summed E-state index contributed by atoms with van der Waals surface area (Å²) in [5.74, 6) is -1.87. The maximum Gasteiger partial charge on any atom is 0.310 e. The molecule has 1 saturated heterocycles.